The first-order chi connectivity index (χ1) is 9.29. The molecule has 112 valence electrons. The number of carbonyl (C=O) groups is 1. The van der Waals surface area contributed by atoms with Crippen LogP contribution in [-0.2, 0) is 0 Å². The number of nitrogens with one attached hydrogen (secondary N) is 1. The third-order valence-electron chi connectivity index (χ3n) is 2.85. The molecule has 6 nitrogen and oxygen atoms in total. The number of aromatic nitrogens is 1. The maximum Gasteiger partial charge on any atom is 0.337 e. The van der Waals surface area contributed by atoms with Crippen molar-refractivity contribution >= 4 is 17.5 Å². The molecule has 0 amide bonds. The Morgan fingerprint density at radius 3 is 2.60 bits per heavy atom. The smallest absolute Gasteiger partial charge is 0.337 e. The molecule has 1 aromatic heterocycles. The van der Waals surface area contributed by atoms with Crippen molar-refractivity contribution in [1.29, 1.82) is 0 Å². The SMILES string of the molecule is CC(C)CC(CN(C)C)Nc1ncc(C(=O)O)cc1N. The summed E-state index contributed by atoms with van der Waals surface area (Å²) in [6.45, 7) is 5.18. The van der Waals surface area contributed by atoms with E-state index in [0.717, 1.165) is 13.0 Å². The molecule has 1 aromatic rings. The van der Waals surface area contributed by atoms with Crippen molar-refractivity contribution in [2.45, 2.75) is 26.3 Å². The fourth-order valence-electron chi connectivity index (χ4n) is 2.10. The molecule has 0 radical (unpaired) electrons. The molecule has 0 aromatic carbocycles. The number of nitrogen functional groups attached to an aromatic ring is 1. The molecular formula is C14H24N4O2. The van der Waals surface area contributed by atoms with Crippen LogP contribution in [0.15, 0.2) is 12.3 Å². The molecule has 1 unspecified atom stereocenters. The van der Waals surface area contributed by atoms with E-state index in [1.54, 1.807) is 0 Å². The Balaban J connectivity index is 2.84. The Bertz CT molecular complexity index is 450. The van der Waals surface area contributed by atoms with Crippen molar-refractivity contribution in [3.05, 3.63) is 17.8 Å². The molecule has 0 fully saturated rings. The monoisotopic (exact) mass is 280 g/mol. The number of nitrogens with zero attached hydrogens (tertiary/aromatic N) is 2. The van der Waals surface area contributed by atoms with Crippen LogP contribution in [0, 0.1) is 5.92 Å². The highest BCUT2D eigenvalue weighted by molar-refractivity contribution is 5.89. The van der Waals surface area contributed by atoms with E-state index >= 15 is 0 Å². The number of carboxylic acid groups (broad SMARTS) is 1. The topological polar surface area (TPSA) is 91.5 Å². The van der Waals surface area contributed by atoms with Gasteiger partial charge in [0.15, 0.2) is 0 Å². The number of likely N-dealkylation sites (N-methyl/N-ethyl adjacent to an activating group) is 1. The Hall–Kier alpha value is -1.82. The number of hydrogen-bond acceptors (Lipinski definition) is 5. The van der Waals surface area contributed by atoms with Crippen LogP contribution in [0.3, 0.4) is 0 Å². The molecule has 0 bridgehead atoms. The molecule has 0 saturated heterocycles. The zero-order valence-electron chi connectivity index (χ0n) is 12.6. The minimum atomic E-state index is -1.03. The fraction of sp³-hybridized carbons (Fsp3) is 0.571. The summed E-state index contributed by atoms with van der Waals surface area (Å²) in [4.78, 5) is 17.1. The second kappa shape index (κ2) is 7.09. The molecule has 0 spiro atoms. The Morgan fingerprint density at radius 1 is 1.50 bits per heavy atom. The molecule has 0 aliphatic rings. The van der Waals surface area contributed by atoms with Gasteiger partial charge in [-0.2, -0.15) is 0 Å². The summed E-state index contributed by atoms with van der Waals surface area (Å²) in [6.07, 6.45) is 2.31. The summed E-state index contributed by atoms with van der Waals surface area (Å²) in [5.41, 5.74) is 6.32. The maximum atomic E-state index is 10.9. The van der Waals surface area contributed by atoms with Gasteiger partial charge in [0.05, 0.1) is 11.3 Å². The first-order valence-corrected chi connectivity index (χ1v) is 6.69. The highest BCUT2D eigenvalue weighted by Crippen LogP contribution is 2.19. The predicted molar refractivity (Wildman–Crippen MR) is 81.0 cm³/mol. The minimum absolute atomic E-state index is 0.0982. The van der Waals surface area contributed by atoms with Crippen LogP contribution in [0.4, 0.5) is 11.5 Å². The van der Waals surface area contributed by atoms with Crippen LogP contribution >= 0.6 is 0 Å². The first kappa shape index (κ1) is 16.2. The van der Waals surface area contributed by atoms with E-state index in [-0.39, 0.29) is 11.6 Å². The summed E-state index contributed by atoms with van der Waals surface area (Å²) >= 11 is 0. The van der Waals surface area contributed by atoms with Crippen molar-refractivity contribution in [3.63, 3.8) is 0 Å². The van der Waals surface area contributed by atoms with Crippen LogP contribution in [0.1, 0.15) is 30.6 Å². The molecule has 0 aliphatic carbocycles. The number of carboxylic acids is 1. The fourth-order valence-corrected chi connectivity index (χ4v) is 2.10. The number of anilines is 2. The molecule has 0 aliphatic heterocycles. The summed E-state index contributed by atoms with van der Waals surface area (Å²) < 4.78 is 0. The van der Waals surface area contributed by atoms with E-state index in [0.29, 0.717) is 17.4 Å². The number of rotatable bonds is 7. The van der Waals surface area contributed by atoms with Crippen LogP contribution in [0.5, 0.6) is 0 Å². The van der Waals surface area contributed by atoms with Gasteiger partial charge in [-0.1, -0.05) is 13.8 Å². The number of aromatic carboxylic acids is 1. The first-order valence-electron chi connectivity index (χ1n) is 6.69. The van der Waals surface area contributed by atoms with Crippen molar-refractivity contribution in [2.75, 3.05) is 31.7 Å². The standard InChI is InChI=1S/C14H24N4O2/c1-9(2)5-11(8-18(3)4)17-13-12(15)6-10(7-16-13)14(19)20/h6-7,9,11H,5,8,15H2,1-4H3,(H,16,17)(H,19,20). The zero-order chi connectivity index (χ0) is 15.3. The van der Waals surface area contributed by atoms with Crippen LogP contribution < -0.4 is 11.1 Å². The van der Waals surface area contributed by atoms with E-state index in [4.69, 9.17) is 10.8 Å². The Kier molecular flexibility index (Phi) is 5.76. The molecule has 1 atom stereocenters. The van der Waals surface area contributed by atoms with Crippen LogP contribution in [-0.4, -0.2) is 47.6 Å². The second-order valence-electron chi connectivity index (χ2n) is 5.70. The minimum Gasteiger partial charge on any atom is -0.478 e. The second-order valence-corrected chi connectivity index (χ2v) is 5.70. The van der Waals surface area contributed by atoms with Gasteiger partial charge in [0, 0.05) is 18.8 Å². The average Bonchev–Trinajstić information content (AvgIpc) is 2.29. The van der Waals surface area contributed by atoms with Gasteiger partial charge in [0.2, 0.25) is 0 Å². The van der Waals surface area contributed by atoms with Gasteiger partial charge in [-0.05, 0) is 32.5 Å². The lowest BCUT2D eigenvalue weighted by atomic mass is 10.0. The van der Waals surface area contributed by atoms with Crippen molar-refractivity contribution < 1.29 is 9.90 Å². The van der Waals surface area contributed by atoms with Gasteiger partial charge in [-0.25, -0.2) is 9.78 Å². The average molecular weight is 280 g/mol. The van der Waals surface area contributed by atoms with Gasteiger partial charge in [0.25, 0.3) is 0 Å². The lowest BCUT2D eigenvalue weighted by molar-refractivity contribution is 0.0696. The van der Waals surface area contributed by atoms with Crippen molar-refractivity contribution in [3.8, 4) is 0 Å². The van der Waals surface area contributed by atoms with E-state index in [1.807, 2.05) is 14.1 Å². The predicted octanol–water partition coefficient (Wildman–Crippen LogP) is 1.75. The third-order valence-corrected chi connectivity index (χ3v) is 2.85. The quantitative estimate of drug-likeness (QED) is 0.705. The maximum absolute atomic E-state index is 10.9. The van der Waals surface area contributed by atoms with Gasteiger partial charge in [-0.15, -0.1) is 0 Å². The van der Waals surface area contributed by atoms with E-state index in [2.05, 4.69) is 29.0 Å². The normalized spacial score (nSPS) is 12.7. The van der Waals surface area contributed by atoms with E-state index in [9.17, 15) is 4.79 Å². The van der Waals surface area contributed by atoms with Gasteiger partial charge < -0.3 is 21.1 Å². The van der Waals surface area contributed by atoms with Crippen molar-refractivity contribution in [2.24, 2.45) is 5.92 Å². The summed E-state index contributed by atoms with van der Waals surface area (Å²) in [6, 6.07) is 1.65. The summed E-state index contributed by atoms with van der Waals surface area (Å²) in [7, 11) is 4.03. The Labute approximate surface area is 120 Å². The zero-order valence-corrected chi connectivity index (χ0v) is 12.6. The van der Waals surface area contributed by atoms with Crippen LogP contribution in [0.2, 0.25) is 0 Å². The van der Waals surface area contributed by atoms with Crippen molar-refractivity contribution in [1.82, 2.24) is 9.88 Å². The lowest BCUT2D eigenvalue weighted by Crippen LogP contribution is -2.34. The lowest BCUT2D eigenvalue weighted by Gasteiger charge is -2.25. The summed E-state index contributed by atoms with van der Waals surface area (Å²) in [5.74, 6) is 0.0669. The third kappa shape index (κ3) is 5.05. The highest BCUT2D eigenvalue weighted by Gasteiger charge is 2.15. The number of hydrogen-bond donors (Lipinski definition) is 3. The molecule has 4 N–H and O–H groups in total. The molecule has 1 heterocycles. The molecule has 20 heavy (non-hydrogen) atoms. The van der Waals surface area contributed by atoms with Gasteiger partial charge in [-0.3, -0.25) is 0 Å². The highest BCUT2D eigenvalue weighted by atomic mass is 16.4. The van der Waals surface area contributed by atoms with Crippen LogP contribution in [0.25, 0.3) is 0 Å². The number of pyridine rings is 1. The summed E-state index contributed by atoms with van der Waals surface area (Å²) in [5, 5.41) is 12.2. The molecule has 6 heteroatoms. The molecule has 0 saturated carbocycles. The van der Waals surface area contributed by atoms with E-state index in [1.165, 1.54) is 12.3 Å². The van der Waals surface area contributed by atoms with E-state index < -0.39 is 5.97 Å². The molecule has 1 rings (SSSR count). The number of nitrogens with two attached hydrogens (primary N) is 1. The largest absolute Gasteiger partial charge is 0.478 e. The van der Waals surface area contributed by atoms with Gasteiger partial charge >= 0.3 is 5.97 Å². The molecular weight excluding hydrogens is 256 g/mol. The Morgan fingerprint density at radius 2 is 2.15 bits per heavy atom. The van der Waals surface area contributed by atoms with Gasteiger partial charge in [0.1, 0.15) is 5.82 Å².